The molecule has 3 N–H and O–H groups in total. The molecule has 5 heteroatoms. The van der Waals surface area contributed by atoms with Gasteiger partial charge in [0.2, 0.25) is 5.91 Å². The molecule has 0 heterocycles. The Labute approximate surface area is 156 Å². The van der Waals surface area contributed by atoms with Crippen molar-refractivity contribution in [1.29, 1.82) is 0 Å². The van der Waals surface area contributed by atoms with E-state index in [1.54, 1.807) is 12.1 Å². The highest BCUT2D eigenvalue weighted by atomic mass is 16.2. The molecule has 0 fully saturated rings. The smallest absolute Gasteiger partial charge is 0.251 e. The Balaban J connectivity index is 1.70. The minimum atomic E-state index is -0.264. The molecule has 2 rings (SSSR count). The summed E-state index contributed by atoms with van der Waals surface area (Å²) >= 11 is 0. The summed E-state index contributed by atoms with van der Waals surface area (Å²) in [5.41, 5.74) is 2.63. The number of carbonyl (C=O) groups excluding carboxylic acids is 2. The highest BCUT2D eigenvalue weighted by molar-refractivity contribution is 5.95. The Morgan fingerprint density at radius 1 is 1.08 bits per heavy atom. The largest absolute Gasteiger partial charge is 0.376 e. The van der Waals surface area contributed by atoms with Crippen LogP contribution >= 0.6 is 0 Å². The van der Waals surface area contributed by atoms with Crippen molar-refractivity contribution < 1.29 is 9.59 Å². The zero-order chi connectivity index (χ0) is 19.0. The summed E-state index contributed by atoms with van der Waals surface area (Å²) in [4.78, 5) is 24.0. The maximum absolute atomic E-state index is 12.1. The summed E-state index contributed by atoms with van der Waals surface area (Å²) in [5.74, 6) is -0.116. The van der Waals surface area contributed by atoms with Gasteiger partial charge in [0.25, 0.3) is 5.91 Å². The summed E-state index contributed by atoms with van der Waals surface area (Å²) in [6.45, 7) is 6.77. The number of hydrogen-bond donors (Lipinski definition) is 3. The monoisotopic (exact) mass is 357 g/mol. The van der Waals surface area contributed by atoms with Crippen molar-refractivity contribution in [1.82, 2.24) is 10.6 Å². The molecule has 5 nitrogen and oxygen atoms in total. The van der Waals surface area contributed by atoms with Gasteiger partial charge >= 0.3 is 0 Å². The van der Waals surface area contributed by atoms with Gasteiger partial charge in [-0.1, -0.05) is 11.6 Å². The number of hydrogen-bond acceptors (Lipinski definition) is 3. The quantitative estimate of drug-likeness (QED) is 0.653. The fraction of sp³-hybridized carbons (Fsp3) is 0.524. The summed E-state index contributed by atoms with van der Waals surface area (Å²) in [7, 11) is 0. The lowest BCUT2D eigenvalue weighted by atomic mass is 9.97. The normalized spacial score (nSPS) is 14.3. The molecule has 1 aromatic carbocycles. The predicted molar refractivity (Wildman–Crippen MR) is 106 cm³/mol. The fourth-order valence-corrected chi connectivity index (χ4v) is 2.89. The molecule has 142 valence electrons. The van der Waals surface area contributed by atoms with Gasteiger partial charge in [-0.05, 0) is 77.1 Å². The molecule has 0 atom stereocenters. The van der Waals surface area contributed by atoms with Gasteiger partial charge in [0.1, 0.15) is 0 Å². The second-order valence-corrected chi connectivity index (χ2v) is 7.84. The van der Waals surface area contributed by atoms with Crippen LogP contribution in [0.3, 0.4) is 0 Å². The second kappa shape index (κ2) is 9.41. The molecule has 0 saturated carbocycles. The molecular weight excluding hydrogens is 326 g/mol. The fourth-order valence-electron chi connectivity index (χ4n) is 2.89. The SMILES string of the molecule is CC(C)(C)NC(=O)c1ccc(NCC(=O)NCCC2=CCCCC2)cc1. The molecule has 0 saturated heterocycles. The number of benzene rings is 1. The Kier molecular flexibility index (Phi) is 7.25. The number of allylic oxidation sites excluding steroid dienone is 1. The van der Waals surface area contributed by atoms with E-state index in [1.807, 2.05) is 32.9 Å². The van der Waals surface area contributed by atoms with Crippen LogP contribution in [0.25, 0.3) is 0 Å². The number of nitrogens with one attached hydrogen (secondary N) is 3. The first-order valence-electron chi connectivity index (χ1n) is 9.44. The van der Waals surface area contributed by atoms with Crippen molar-refractivity contribution in [3.8, 4) is 0 Å². The molecule has 2 amide bonds. The van der Waals surface area contributed by atoms with Crippen LogP contribution in [0.4, 0.5) is 5.69 Å². The predicted octanol–water partition coefficient (Wildman–Crippen LogP) is 3.63. The highest BCUT2D eigenvalue weighted by Gasteiger charge is 2.15. The molecule has 0 aromatic heterocycles. The Morgan fingerprint density at radius 3 is 2.42 bits per heavy atom. The van der Waals surface area contributed by atoms with Gasteiger partial charge in [0.15, 0.2) is 0 Å². The molecule has 0 spiro atoms. The van der Waals surface area contributed by atoms with Crippen LogP contribution in [0.5, 0.6) is 0 Å². The molecule has 0 radical (unpaired) electrons. The molecule has 26 heavy (non-hydrogen) atoms. The van der Waals surface area contributed by atoms with Crippen LogP contribution in [0, 0.1) is 0 Å². The van der Waals surface area contributed by atoms with Crippen molar-refractivity contribution in [3.63, 3.8) is 0 Å². The maximum atomic E-state index is 12.1. The Bertz CT molecular complexity index is 642. The van der Waals surface area contributed by atoms with Gasteiger partial charge in [0.05, 0.1) is 6.54 Å². The molecule has 1 aromatic rings. The van der Waals surface area contributed by atoms with E-state index in [4.69, 9.17) is 0 Å². The van der Waals surface area contributed by atoms with Crippen LogP contribution in [-0.4, -0.2) is 30.4 Å². The summed E-state index contributed by atoms with van der Waals surface area (Å²) in [5, 5.41) is 8.97. The average Bonchev–Trinajstić information content (AvgIpc) is 2.60. The lowest BCUT2D eigenvalue weighted by molar-refractivity contribution is -0.119. The lowest BCUT2D eigenvalue weighted by Crippen LogP contribution is -2.40. The van der Waals surface area contributed by atoms with Crippen molar-refractivity contribution in [2.24, 2.45) is 0 Å². The lowest BCUT2D eigenvalue weighted by Gasteiger charge is -2.20. The molecule has 0 bridgehead atoms. The highest BCUT2D eigenvalue weighted by Crippen LogP contribution is 2.19. The van der Waals surface area contributed by atoms with Crippen molar-refractivity contribution >= 4 is 17.5 Å². The van der Waals surface area contributed by atoms with E-state index >= 15 is 0 Å². The van der Waals surface area contributed by atoms with Crippen molar-refractivity contribution in [3.05, 3.63) is 41.5 Å². The Hall–Kier alpha value is -2.30. The summed E-state index contributed by atoms with van der Waals surface area (Å²) < 4.78 is 0. The van der Waals surface area contributed by atoms with E-state index in [1.165, 1.54) is 31.3 Å². The van der Waals surface area contributed by atoms with Crippen molar-refractivity contribution in [2.45, 2.75) is 58.4 Å². The van der Waals surface area contributed by atoms with Gasteiger partial charge in [0, 0.05) is 23.3 Å². The van der Waals surface area contributed by atoms with Gasteiger partial charge in [-0.25, -0.2) is 0 Å². The zero-order valence-corrected chi connectivity index (χ0v) is 16.2. The minimum absolute atomic E-state index is 0.0176. The van der Waals surface area contributed by atoms with E-state index < -0.39 is 0 Å². The maximum Gasteiger partial charge on any atom is 0.251 e. The number of anilines is 1. The molecule has 0 aliphatic heterocycles. The van der Waals surface area contributed by atoms with Crippen LogP contribution in [0.15, 0.2) is 35.9 Å². The zero-order valence-electron chi connectivity index (χ0n) is 16.2. The van der Waals surface area contributed by atoms with Crippen LogP contribution in [-0.2, 0) is 4.79 Å². The van der Waals surface area contributed by atoms with E-state index in [0.29, 0.717) is 12.1 Å². The number of carbonyl (C=O) groups is 2. The molecule has 1 aliphatic carbocycles. The number of amides is 2. The van der Waals surface area contributed by atoms with Gasteiger partial charge in [-0.15, -0.1) is 0 Å². The van der Waals surface area contributed by atoms with E-state index in [0.717, 1.165) is 12.1 Å². The van der Waals surface area contributed by atoms with E-state index in [2.05, 4.69) is 22.0 Å². The first kappa shape index (κ1) is 20.0. The standard InChI is InChI=1S/C21H31N3O2/c1-21(2,3)24-20(26)17-9-11-18(12-10-17)23-15-19(25)22-14-13-16-7-5-4-6-8-16/h7,9-12,23H,4-6,8,13-15H2,1-3H3,(H,22,25)(H,24,26). The first-order chi connectivity index (χ1) is 12.3. The van der Waals surface area contributed by atoms with Gasteiger partial charge in [-0.3, -0.25) is 9.59 Å². The van der Waals surface area contributed by atoms with Crippen LogP contribution in [0.2, 0.25) is 0 Å². The van der Waals surface area contributed by atoms with Gasteiger partial charge in [-0.2, -0.15) is 0 Å². The third kappa shape index (κ3) is 7.30. The van der Waals surface area contributed by atoms with Crippen LogP contribution in [0.1, 0.15) is 63.2 Å². The van der Waals surface area contributed by atoms with E-state index in [9.17, 15) is 9.59 Å². The van der Waals surface area contributed by atoms with Crippen molar-refractivity contribution in [2.75, 3.05) is 18.4 Å². The Morgan fingerprint density at radius 2 is 1.81 bits per heavy atom. The molecular formula is C21H31N3O2. The van der Waals surface area contributed by atoms with Crippen LogP contribution < -0.4 is 16.0 Å². The summed E-state index contributed by atoms with van der Waals surface area (Å²) in [6, 6.07) is 7.16. The third-order valence-corrected chi connectivity index (χ3v) is 4.24. The van der Waals surface area contributed by atoms with Gasteiger partial charge < -0.3 is 16.0 Å². The number of rotatable bonds is 7. The first-order valence-corrected chi connectivity index (χ1v) is 9.44. The second-order valence-electron chi connectivity index (χ2n) is 7.84. The van der Waals surface area contributed by atoms with E-state index in [-0.39, 0.29) is 23.9 Å². The molecule has 1 aliphatic rings. The minimum Gasteiger partial charge on any atom is -0.376 e. The molecule has 0 unspecified atom stereocenters. The average molecular weight is 357 g/mol. The third-order valence-electron chi connectivity index (χ3n) is 4.24. The topological polar surface area (TPSA) is 70.2 Å². The summed E-state index contributed by atoms with van der Waals surface area (Å²) in [6.07, 6.45) is 8.16.